The van der Waals surface area contributed by atoms with Crippen molar-refractivity contribution >= 4 is 11.6 Å². The van der Waals surface area contributed by atoms with Crippen LogP contribution >= 0.6 is 0 Å². The monoisotopic (exact) mass is 293 g/mol. The lowest BCUT2D eigenvalue weighted by molar-refractivity contribution is 0.177. The number of methoxy groups -OCH3 is 1. The molecular weight excluding hydrogens is 266 g/mol. The molecule has 1 saturated heterocycles. The lowest BCUT2D eigenvalue weighted by Crippen LogP contribution is -2.51. The van der Waals surface area contributed by atoms with Gasteiger partial charge >= 0.3 is 0 Å². The van der Waals surface area contributed by atoms with E-state index in [1.54, 1.807) is 7.11 Å². The molecule has 2 rings (SSSR count). The van der Waals surface area contributed by atoms with Gasteiger partial charge in [-0.2, -0.15) is 0 Å². The van der Waals surface area contributed by atoms with Gasteiger partial charge in [0.05, 0.1) is 0 Å². The first kappa shape index (κ1) is 16.0. The summed E-state index contributed by atoms with van der Waals surface area (Å²) in [5.74, 6) is 2.61. The smallest absolute Gasteiger partial charge is 0.158 e. The number of likely N-dealkylation sites (N-methyl/N-ethyl adjacent to an activating group) is 1. The predicted molar refractivity (Wildman–Crippen MR) is 85.8 cm³/mol. The molecule has 1 aromatic heterocycles. The van der Waals surface area contributed by atoms with Gasteiger partial charge in [0, 0.05) is 45.4 Å². The highest BCUT2D eigenvalue weighted by Gasteiger charge is 2.24. The van der Waals surface area contributed by atoms with E-state index in [4.69, 9.17) is 4.74 Å². The van der Waals surface area contributed by atoms with E-state index in [2.05, 4.69) is 46.0 Å². The van der Waals surface area contributed by atoms with Crippen molar-refractivity contribution in [2.75, 3.05) is 50.6 Å². The summed E-state index contributed by atoms with van der Waals surface area (Å²) in [5.41, 5.74) is 0. The lowest BCUT2D eigenvalue weighted by atomic mass is 10.1. The van der Waals surface area contributed by atoms with E-state index in [1.165, 1.54) is 0 Å². The Bertz CT molecular complexity index is 429. The summed E-state index contributed by atoms with van der Waals surface area (Å²) in [4.78, 5) is 13.9. The predicted octanol–water partition coefficient (Wildman–Crippen LogP) is 1.59. The SMILES string of the molecule is CCNc1cc(N2CCN(C)C(CC)C2)nc(COC)n1. The van der Waals surface area contributed by atoms with Gasteiger partial charge in [-0.1, -0.05) is 6.92 Å². The largest absolute Gasteiger partial charge is 0.377 e. The molecule has 0 amide bonds. The van der Waals surface area contributed by atoms with Gasteiger partial charge < -0.3 is 15.0 Å². The number of piperazine rings is 1. The summed E-state index contributed by atoms with van der Waals surface area (Å²) in [6.07, 6.45) is 1.16. The van der Waals surface area contributed by atoms with Crippen LogP contribution in [0.25, 0.3) is 0 Å². The molecule has 1 aliphatic heterocycles. The van der Waals surface area contributed by atoms with Crippen molar-refractivity contribution in [3.8, 4) is 0 Å². The Kier molecular flexibility index (Phi) is 5.76. The van der Waals surface area contributed by atoms with Gasteiger partial charge in [0.25, 0.3) is 0 Å². The highest BCUT2D eigenvalue weighted by atomic mass is 16.5. The second-order valence-corrected chi connectivity index (χ2v) is 5.48. The van der Waals surface area contributed by atoms with Crippen molar-refractivity contribution in [2.45, 2.75) is 32.9 Å². The first-order valence-electron chi connectivity index (χ1n) is 7.73. The van der Waals surface area contributed by atoms with E-state index in [0.29, 0.717) is 12.6 Å². The molecule has 1 N–H and O–H groups in total. The van der Waals surface area contributed by atoms with Gasteiger partial charge in [-0.3, -0.25) is 4.90 Å². The average molecular weight is 293 g/mol. The normalized spacial score (nSPS) is 19.8. The molecule has 2 heterocycles. The molecule has 0 spiro atoms. The van der Waals surface area contributed by atoms with Crippen LogP contribution in [0.1, 0.15) is 26.1 Å². The van der Waals surface area contributed by atoms with Crippen LogP contribution in [0.5, 0.6) is 0 Å². The molecule has 1 aliphatic rings. The topological polar surface area (TPSA) is 53.5 Å². The van der Waals surface area contributed by atoms with E-state index in [1.807, 2.05) is 6.07 Å². The third-order valence-corrected chi connectivity index (χ3v) is 3.96. The Hall–Kier alpha value is -1.40. The van der Waals surface area contributed by atoms with Crippen LogP contribution in [0.3, 0.4) is 0 Å². The summed E-state index contributed by atoms with van der Waals surface area (Å²) < 4.78 is 5.18. The number of hydrogen-bond donors (Lipinski definition) is 1. The number of rotatable bonds is 6. The van der Waals surface area contributed by atoms with Gasteiger partial charge in [0.15, 0.2) is 5.82 Å². The van der Waals surface area contributed by atoms with E-state index in [9.17, 15) is 0 Å². The molecule has 118 valence electrons. The van der Waals surface area contributed by atoms with Crippen molar-refractivity contribution < 1.29 is 4.74 Å². The van der Waals surface area contributed by atoms with Gasteiger partial charge in [0.2, 0.25) is 0 Å². The quantitative estimate of drug-likeness (QED) is 0.859. The van der Waals surface area contributed by atoms with Crippen molar-refractivity contribution in [1.82, 2.24) is 14.9 Å². The molecule has 1 atom stereocenters. The molecular formula is C15H27N5O. The van der Waals surface area contributed by atoms with Crippen molar-refractivity contribution in [3.63, 3.8) is 0 Å². The maximum Gasteiger partial charge on any atom is 0.158 e. The number of ether oxygens (including phenoxy) is 1. The van der Waals surface area contributed by atoms with Crippen LogP contribution in [0.15, 0.2) is 6.07 Å². The zero-order valence-electron chi connectivity index (χ0n) is 13.6. The van der Waals surface area contributed by atoms with Gasteiger partial charge in [-0.25, -0.2) is 9.97 Å². The number of aromatic nitrogens is 2. The van der Waals surface area contributed by atoms with Crippen molar-refractivity contribution in [1.29, 1.82) is 0 Å². The number of anilines is 2. The molecule has 0 aromatic carbocycles. The molecule has 0 aliphatic carbocycles. The summed E-state index contributed by atoms with van der Waals surface area (Å²) in [5, 5.41) is 3.28. The number of nitrogens with one attached hydrogen (secondary N) is 1. The Morgan fingerprint density at radius 3 is 2.81 bits per heavy atom. The Morgan fingerprint density at radius 2 is 2.14 bits per heavy atom. The summed E-state index contributed by atoms with van der Waals surface area (Å²) in [6.45, 7) is 8.69. The van der Waals surface area contributed by atoms with Crippen LogP contribution in [0.4, 0.5) is 11.6 Å². The molecule has 0 bridgehead atoms. The van der Waals surface area contributed by atoms with Crippen molar-refractivity contribution in [3.05, 3.63) is 11.9 Å². The summed E-state index contributed by atoms with van der Waals surface area (Å²) >= 11 is 0. The Balaban J connectivity index is 2.20. The third kappa shape index (κ3) is 4.04. The molecule has 1 fully saturated rings. The van der Waals surface area contributed by atoms with Gasteiger partial charge in [-0.15, -0.1) is 0 Å². The highest BCUT2D eigenvalue weighted by Crippen LogP contribution is 2.20. The zero-order chi connectivity index (χ0) is 15.2. The molecule has 0 saturated carbocycles. The molecule has 0 radical (unpaired) electrons. The van der Waals surface area contributed by atoms with Crippen LogP contribution in [0, 0.1) is 0 Å². The summed E-state index contributed by atoms with van der Waals surface area (Å²) in [7, 11) is 3.87. The number of hydrogen-bond acceptors (Lipinski definition) is 6. The minimum absolute atomic E-state index is 0.442. The van der Waals surface area contributed by atoms with Crippen LogP contribution in [0.2, 0.25) is 0 Å². The second-order valence-electron chi connectivity index (χ2n) is 5.48. The standard InChI is InChI=1S/C15H27N5O/c1-5-12-10-20(8-7-19(12)3)15-9-13(16-6-2)17-14(18-15)11-21-4/h9,12H,5-8,10-11H2,1-4H3,(H,16,17,18). The first-order valence-corrected chi connectivity index (χ1v) is 7.73. The third-order valence-electron chi connectivity index (χ3n) is 3.96. The number of nitrogens with zero attached hydrogens (tertiary/aromatic N) is 4. The van der Waals surface area contributed by atoms with Crippen LogP contribution in [-0.2, 0) is 11.3 Å². The zero-order valence-corrected chi connectivity index (χ0v) is 13.6. The fourth-order valence-electron chi connectivity index (χ4n) is 2.71. The van der Waals surface area contributed by atoms with E-state index in [-0.39, 0.29) is 0 Å². The second kappa shape index (κ2) is 7.56. The molecule has 6 heteroatoms. The molecule has 6 nitrogen and oxygen atoms in total. The maximum absolute atomic E-state index is 5.18. The van der Waals surface area contributed by atoms with Gasteiger partial charge in [-0.05, 0) is 20.4 Å². The molecule has 1 unspecified atom stereocenters. The van der Waals surface area contributed by atoms with Crippen molar-refractivity contribution in [2.24, 2.45) is 0 Å². The Labute approximate surface area is 127 Å². The fraction of sp³-hybridized carbons (Fsp3) is 0.733. The first-order chi connectivity index (χ1) is 10.2. The van der Waals surface area contributed by atoms with E-state index in [0.717, 1.165) is 50.1 Å². The highest BCUT2D eigenvalue weighted by molar-refractivity contribution is 5.50. The Morgan fingerprint density at radius 1 is 1.33 bits per heavy atom. The minimum atomic E-state index is 0.442. The van der Waals surface area contributed by atoms with Crippen LogP contribution in [-0.4, -0.2) is 61.2 Å². The van der Waals surface area contributed by atoms with Crippen LogP contribution < -0.4 is 10.2 Å². The summed E-state index contributed by atoms with van der Waals surface area (Å²) in [6, 6.07) is 2.63. The maximum atomic E-state index is 5.18. The van der Waals surface area contributed by atoms with E-state index < -0.39 is 0 Å². The fourth-order valence-corrected chi connectivity index (χ4v) is 2.71. The lowest BCUT2D eigenvalue weighted by Gasteiger charge is -2.39. The average Bonchev–Trinajstić information content (AvgIpc) is 2.48. The molecule has 1 aromatic rings. The van der Waals surface area contributed by atoms with Gasteiger partial charge in [0.1, 0.15) is 18.2 Å². The minimum Gasteiger partial charge on any atom is -0.377 e. The van der Waals surface area contributed by atoms with E-state index >= 15 is 0 Å². The molecule has 21 heavy (non-hydrogen) atoms.